The van der Waals surface area contributed by atoms with Crippen molar-refractivity contribution < 1.29 is 14.0 Å². The highest BCUT2D eigenvalue weighted by molar-refractivity contribution is 5.94. The molecule has 0 atom stereocenters. The molecule has 0 saturated carbocycles. The largest absolute Gasteiger partial charge is 0.417 e. The summed E-state index contributed by atoms with van der Waals surface area (Å²) in [6, 6.07) is 7.76. The van der Waals surface area contributed by atoms with Gasteiger partial charge in [0.05, 0.1) is 0 Å². The van der Waals surface area contributed by atoms with Crippen molar-refractivity contribution in [3.05, 3.63) is 47.2 Å². The fourth-order valence-electron chi connectivity index (χ4n) is 2.93. The van der Waals surface area contributed by atoms with Crippen molar-refractivity contribution >= 4 is 11.8 Å². The predicted molar refractivity (Wildman–Crippen MR) is 96.0 cm³/mol. The van der Waals surface area contributed by atoms with Gasteiger partial charge in [-0.1, -0.05) is 32.9 Å². The van der Waals surface area contributed by atoms with Crippen molar-refractivity contribution in [3.8, 4) is 0 Å². The molecule has 1 aromatic carbocycles. The summed E-state index contributed by atoms with van der Waals surface area (Å²) in [6.07, 6.45) is 0. The van der Waals surface area contributed by atoms with Crippen molar-refractivity contribution in [1.82, 2.24) is 20.0 Å². The Morgan fingerprint density at radius 2 is 1.46 bits per heavy atom. The van der Waals surface area contributed by atoms with Crippen LogP contribution in [-0.2, 0) is 5.41 Å². The van der Waals surface area contributed by atoms with Gasteiger partial charge in [0.25, 0.3) is 5.91 Å². The molecule has 7 nitrogen and oxygen atoms in total. The maximum absolute atomic E-state index is 12.7. The number of benzene rings is 1. The lowest BCUT2D eigenvalue weighted by Crippen LogP contribution is -2.50. The number of amides is 2. The van der Waals surface area contributed by atoms with Crippen LogP contribution >= 0.6 is 0 Å². The molecule has 0 aliphatic carbocycles. The summed E-state index contributed by atoms with van der Waals surface area (Å²) in [5.41, 5.74) is 1.92. The zero-order valence-corrected chi connectivity index (χ0v) is 15.7. The van der Waals surface area contributed by atoms with E-state index in [0.29, 0.717) is 37.6 Å². The Kier molecular flexibility index (Phi) is 4.80. The van der Waals surface area contributed by atoms with Gasteiger partial charge in [0.1, 0.15) is 0 Å². The normalized spacial score (nSPS) is 15.2. The molecule has 1 fully saturated rings. The Labute approximate surface area is 153 Å². The van der Waals surface area contributed by atoms with Crippen molar-refractivity contribution in [2.75, 3.05) is 26.2 Å². The minimum atomic E-state index is -0.285. The molecule has 1 aromatic heterocycles. The summed E-state index contributed by atoms with van der Waals surface area (Å²) in [5.74, 6) is 0.0688. The molecule has 0 N–H and O–H groups in total. The molecular formula is C19H24N4O3. The van der Waals surface area contributed by atoms with Crippen molar-refractivity contribution in [2.45, 2.75) is 33.1 Å². The number of carbonyl (C=O) groups is 2. The molecule has 1 aliphatic heterocycles. The lowest BCUT2D eigenvalue weighted by atomic mass is 9.86. The van der Waals surface area contributed by atoms with Crippen LogP contribution in [0, 0.1) is 6.92 Å². The molecule has 1 aliphatic rings. The number of aryl methyl sites for hydroxylation is 1. The van der Waals surface area contributed by atoms with Gasteiger partial charge in [0.2, 0.25) is 5.89 Å². The Balaban J connectivity index is 1.61. The third kappa shape index (κ3) is 3.76. The van der Waals surface area contributed by atoms with Crippen LogP contribution in [-0.4, -0.2) is 58.0 Å². The quantitative estimate of drug-likeness (QED) is 0.825. The second-order valence-electron chi connectivity index (χ2n) is 7.54. The van der Waals surface area contributed by atoms with E-state index in [0.717, 1.165) is 0 Å². The molecule has 3 rings (SSSR count). The van der Waals surface area contributed by atoms with E-state index in [1.54, 1.807) is 16.7 Å². The number of piperazine rings is 1. The minimum absolute atomic E-state index is 0.0000422. The average Bonchev–Trinajstić information content (AvgIpc) is 3.06. The zero-order chi connectivity index (χ0) is 18.9. The lowest BCUT2D eigenvalue weighted by molar-refractivity contribution is 0.0512. The summed E-state index contributed by atoms with van der Waals surface area (Å²) in [6.45, 7) is 9.95. The Morgan fingerprint density at radius 1 is 0.923 bits per heavy atom. The van der Waals surface area contributed by atoms with Gasteiger partial charge >= 0.3 is 11.8 Å². The van der Waals surface area contributed by atoms with Gasteiger partial charge in [-0.15, -0.1) is 10.2 Å². The van der Waals surface area contributed by atoms with Crippen LogP contribution in [0.25, 0.3) is 0 Å². The maximum atomic E-state index is 12.7. The van der Waals surface area contributed by atoms with E-state index >= 15 is 0 Å². The van der Waals surface area contributed by atoms with Crippen LogP contribution in [0.3, 0.4) is 0 Å². The molecule has 1 saturated heterocycles. The number of hydrogen-bond donors (Lipinski definition) is 0. The van der Waals surface area contributed by atoms with Crippen molar-refractivity contribution in [3.63, 3.8) is 0 Å². The van der Waals surface area contributed by atoms with E-state index in [1.807, 2.05) is 24.3 Å². The Hall–Kier alpha value is -2.70. The lowest BCUT2D eigenvalue weighted by Gasteiger charge is -2.34. The standard InChI is InChI=1S/C19H24N4O3/c1-13-20-21-16(26-13)18(25)23-11-9-22(10-12-23)17(24)14-5-7-15(8-6-14)19(2,3)4/h5-8H,9-12H2,1-4H3. The topological polar surface area (TPSA) is 79.5 Å². The van der Waals surface area contributed by atoms with Gasteiger partial charge in [0.15, 0.2) is 0 Å². The summed E-state index contributed by atoms with van der Waals surface area (Å²) >= 11 is 0. The highest BCUT2D eigenvalue weighted by Gasteiger charge is 2.28. The van der Waals surface area contributed by atoms with E-state index < -0.39 is 0 Å². The Bertz CT molecular complexity index is 797. The molecule has 2 aromatic rings. The third-order valence-electron chi connectivity index (χ3n) is 4.56. The van der Waals surface area contributed by atoms with Crippen molar-refractivity contribution in [2.24, 2.45) is 0 Å². The summed E-state index contributed by atoms with van der Waals surface area (Å²) in [7, 11) is 0. The predicted octanol–water partition coefficient (Wildman–Crippen LogP) is 2.27. The SMILES string of the molecule is Cc1nnc(C(=O)N2CCN(C(=O)c3ccc(C(C)(C)C)cc3)CC2)o1. The first-order valence-corrected chi connectivity index (χ1v) is 8.75. The molecule has 0 spiro atoms. The molecule has 0 bridgehead atoms. The highest BCUT2D eigenvalue weighted by atomic mass is 16.4. The average molecular weight is 356 g/mol. The van der Waals surface area contributed by atoms with Crippen LogP contribution in [0.15, 0.2) is 28.7 Å². The molecule has 0 radical (unpaired) electrons. The van der Waals surface area contributed by atoms with E-state index in [9.17, 15) is 9.59 Å². The fraction of sp³-hybridized carbons (Fsp3) is 0.474. The first-order chi connectivity index (χ1) is 12.3. The molecule has 2 amide bonds. The summed E-state index contributed by atoms with van der Waals surface area (Å²) in [4.78, 5) is 28.4. The summed E-state index contributed by atoms with van der Waals surface area (Å²) in [5, 5.41) is 7.44. The van der Waals surface area contributed by atoms with Gasteiger partial charge < -0.3 is 14.2 Å². The van der Waals surface area contributed by atoms with Crippen LogP contribution in [0.1, 0.15) is 53.3 Å². The number of rotatable bonds is 2. The molecule has 2 heterocycles. The van der Waals surface area contributed by atoms with Crippen LogP contribution in [0.4, 0.5) is 0 Å². The number of hydrogen-bond acceptors (Lipinski definition) is 5. The zero-order valence-electron chi connectivity index (χ0n) is 15.7. The van der Waals surface area contributed by atoms with E-state index in [4.69, 9.17) is 4.42 Å². The second-order valence-corrected chi connectivity index (χ2v) is 7.54. The second kappa shape index (κ2) is 6.90. The van der Waals surface area contributed by atoms with Gasteiger partial charge in [-0.2, -0.15) is 0 Å². The molecule has 26 heavy (non-hydrogen) atoms. The number of nitrogens with zero attached hydrogens (tertiary/aromatic N) is 4. The first-order valence-electron chi connectivity index (χ1n) is 8.75. The van der Waals surface area contributed by atoms with Gasteiger partial charge in [0, 0.05) is 38.7 Å². The highest BCUT2D eigenvalue weighted by Crippen LogP contribution is 2.22. The number of carbonyl (C=O) groups excluding carboxylic acids is 2. The first kappa shape index (κ1) is 18.1. The van der Waals surface area contributed by atoms with Crippen LogP contribution in [0.5, 0.6) is 0 Å². The van der Waals surface area contributed by atoms with Crippen LogP contribution in [0.2, 0.25) is 0 Å². The van der Waals surface area contributed by atoms with Gasteiger partial charge in [-0.3, -0.25) is 9.59 Å². The Morgan fingerprint density at radius 3 is 1.92 bits per heavy atom. The van der Waals surface area contributed by atoms with Gasteiger partial charge in [-0.05, 0) is 23.1 Å². The third-order valence-corrected chi connectivity index (χ3v) is 4.56. The van der Waals surface area contributed by atoms with E-state index in [1.165, 1.54) is 5.56 Å². The van der Waals surface area contributed by atoms with E-state index in [2.05, 4.69) is 31.0 Å². The molecule has 138 valence electrons. The van der Waals surface area contributed by atoms with E-state index in [-0.39, 0.29) is 23.1 Å². The summed E-state index contributed by atoms with van der Waals surface area (Å²) < 4.78 is 5.19. The van der Waals surface area contributed by atoms with Crippen molar-refractivity contribution in [1.29, 1.82) is 0 Å². The fourth-order valence-corrected chi connectivity index (χ4v) is 2.93. The maximum Gasteiger partial charge on any atom is 0.311 e. The molecule has 7 heteroatoms. The minimum Gasteiger partial charge on any atom is -0.417 e. The number of aromatic nitrogens is 2. The van der Waals surface area contributed by atoms with Gasteiger partial charge in [-0.25, -0.2) is 0 Å². The van der Waals surface area contributed by atoms with Crippen LogP contribution < -0.4 is 0 Å². The molecule has 0 unspecified atom stereocenters. The monoisotopic (exact) mass is 356 g/mol. The smallest absolute Gasteiger partial charge is 0.311 e. The molecular weight excluding hydrogens is 332 g/mol.